The van der Waals surface area contributed by atoms with Crippen molar-refractivity contribution in [2.75, 3.05) is 31.6 Å². The first-order valence-corrected chi connectivity index (χ1v) is 13.2. The van der Waals surface area contributed by atoms with Gasteiger partial charge in [0.2, 0.25) is 0 Å². The molecule has 0 saturated carbocycles. The van der Waals surface area contributed by atoms with E-state index in [1.807, 2.05) is 30.5 Å². The number of nitrogens with zero attached hydrogens (tertiary/aromatic N) is 3. The molecule has 1 saturated heterocycles. The van der Waals surface area contributed by atoms with Crippen molar-refractivity contribution in [1.82, 2.24) is 9.88 Å². The third kappa shape index (κ3) is 7.71. The van der Waals surface area contributed by atoms with E-state index in [1.165, 1.54) is 36.2 Å². The summed E-state index contributed by atoms with van der Waals surface area (Å²) >= 11 is 14.0. The van der Waals surface area contributed by atoms with Crippen LogP contribution >= 0.6 is 34.5 Å². The summed E-state index contributed by atoms with van der Waals surface area (Å²) in [5, 5.41) is 0.753. The van der Waals surface area contributed by atoms with E-state index in [9.17, 15) is 0 Å². The molecule has 4 heterocycles. The summed E-state index contributed by atoms with van der Waals surface area (Å²) in [5.41, 5.74) is 3.69. The van der Waals surface area contributed by atoms with E-state index in [4.69, 9.17) is 23.2 Å². The lowest BCUT2D eigenvalue weighted by Gasteiger charge is -2.28. The van der Waals surface area contributed by atoms with Crippen molar-refractivity contribution in [2.45, 2.75) is 32.2 Å². The van der Waals surface area contributed by atoms with Crippen LogP contribution in [0.4, 0.5) is 5.82 Å². The predicted molar refractivity (Wildman–Crippen MR) is 151 cm³/mol. The zero-order chi connectivity index (χ0) is 24.3. The molecule has 0 spiro atoms. The third-order valence-corrected chi connectivity index (χ3v) is 7.36. The summed E-state index contributed by atoms with van der Waals surface area (Å²) in [6.45, 7) is 11.1. The first-order chi connectivity index (χ1) is 16.5. The smallest absolute Gasteiger partial charge is 0.147 e. The van der Waals surface area contributed by atoms with Crippen LogP contribution in [0.2, 0.25) is 9.36 Å². The van der Waals surface area contributed by atoms with Gasteiger partial charge in [0.05, 0.1) is 9.36 Å². The van der Waals surface area contributed by atoms with Crippen LogP contribution in [0.1, 0.15) is 29.7 Å². The number of fused-ring (bicyclic) bond motifs is 1. The lowest BCUT2D eigenvalue weighted by Crippen LogP contribution is -2.30. The average Bonchev–Trinajstić information content (AvgIpc) is 3.24. The predicted octanol–water partition coefficient (Wildman–Crippen LogP) is 8.14. The molecule has 0 radical (unpaired) electrons. The zero-order valence-electron chi connectivity index (χ0n) is 19.9. The monoisotopic (exact) mass is 513 g/mol. The molecule has 3 aromatic rings. The second-order valence-electron chi connectivity index (χ2n) is 8.40. The summed E-state index contributed by atoms with van der Waals surface area (Å²) in [7, 11) is 2.15. The van der Waals surface area contributed by atoms with Crippen LogP contribution in [-0.2, 0) is 13.0 Å². The van der Waals surface area contributed by atoms with Gasteiger partial charge in [-0.2, -0.15) is 0 Å². The quantitative estimate of drug-likeness (QED) is 0.329. The Bertz CT molecular complexity index is 1050. The van der Waals surface area contributed by atoms with Gasteiger partial charge in [-0.3, -0.25) is 0 Å². The fourth-order valence-electron chi connectivity index (χ4n) is 3.97. The highest BCUT2D eigenvalue weighted by molar-refractivity contribution is 7.16. The molecule has 0 bridgehead atoms. The SMILES string of the molecule is C=CC=C.CN1CCc2cc(Cl)sc2C1.Clc1cc(-c2ccccc2)cnc1N1CCCCC1. The minimum Gasteiger partial charge on any atom is -0.355 e. The van der Waals surface area contributed by atoms with Gasteiger partial charge in [0.15, 0.2) is 0 Å². The molecule has 0 amide bonds. The average molecular weight is 515 g/mol. The van der Waals surface area contributed by atoms with Crippen LogP contribution in [0.3, 0.4) is 0 Å². The topological polar surface area (TPSA) is 19.4 Å². The summed E-state index contributed by atoms with van der Waals surface area (Å²) in [4.78, 5) is 10.6. The fraction of sp³-hybridized carbons (Fsp3) is 0.321. The standard InChI is InChI=1S/C16H17ClN2.C8H10ClNS.C4H6/c17-15-11-14(13-7-3-1-4-8-13)12-18-16(15)19-9-5-2-6-10-19;1-10-3-2-6-4-8(9)11-7(6)5-10;1-3-4-2/h1,3-4,7-8,11-12H,2,5-6,9-10H2;4H,2-3,5H2,1H3;3-4H,1-2H2. The minimum absolute atomic E-state index is 0.753. The van der Waals surface area contributed by atoms with Crippen molar-refractivity contribution in [2.24, 2.45) is 0 Å². The first-order valence-electron chi connectivity index (χ1n) is 11.7. The lowest BCUT2D eigenvalue weighted by atomic mass is 10.1. The van der Waals surface area contributed by atoms with Crippen LogP contribution in [0.25, 0.3) is 11.1 Å². The van der Waals surface area contributed by atoms with Crippen LogP contribution in [0, 0.1) is 0 Å². The van der Waals surface area contributed by atoms with Gasteiger partial charge in [0.1, 0.15) is 5.82 Å². The van der Waals surface area contributed by atoms with Gasteiger partial charge < -0.3 is 9.80 Å². The third-order valence-electron chi connectivity index (χ3n) is 5.79. The summed E-state index contributed by atoms with van der Waals surface area (Å²) < 4.78 is 0.935. The number of pyridine rings is 1. The van der Waals surface area contributed by atoms with Crippen LogP contribution in [0.5, 0.6) is 0 Å². The maximum absolute atomic E-state index is 6.41. The van der Waals surface area contributed by atoms with Crippen molar-refractivity contribution in [1.29, 1.82) is 0 Å². The Kier molecular flexibility index (Phi) is 10.7. The Hall–Kier alpha value is -2.11. The number of aromatic nitrogens is 1. The normalized spacial score (nSPS) is 15.2. The van der Waals surface area contributed by atoms with Gasteiger partial charge in [0.25, 0.3) is 0 Å². The van der Waals surface area contributed by atoms with E-state index < -0.39 is 0 Å². The molecule has 2 aliphatic rings. The van der Waals surface area contributed by atoms with Crippen molar-refractivity contribution in [3.8, 4) is 11.1 Å². The highest BCUT2D eigenvalue weighted by Crippen LogP contribution is 2.31. The molecule has 2 aromatic heterocycles. The van der Waals surface area contributed by atoms with E-state index in [2.05, 4.69) is 53.2 Å². The number of rotatable bonds is 3. The molecule has 6 heteroatoms. The van der Waals surface area contributed by atoms with Crippen molar-refractivity contribution < 1.29 is 0 Å². The molecule has 1 aromatic carbocycles. The maximum atomic E-state index is 6.41. The van der Waals surface area contributed by atoms with Crippen molar-refractivity contribution >= 4 is 40.4 Å². The largest absolute Gasteiger partial charge is 0.355 e. The number of hydrogen-bond acceptors (Lipinski definition) is 4. The number of benzene rings is 1. The molecule has 0 aliphatic carbocycles. The van der Waals surface area contributed by atoms with Gasteiger partial charge in [-0.15, -0.1) is 11.3 Å². The Labute approximate surface area is 218 Å². The lowest BCUT2D eigenvalue weighted by molar-refractivity contribution is 0.317. The zero-order valence-corrected chi connectivity index (χ0v) is 22.2. The Morgan fingerprint density at radius 1 is 0.941 bits per heavy atom. The molecule has 0 N–H and O–H groups in total. The minimum atomic E-state index is 0.753. The number of piperidine rings is 1. The van der Waals surface area contributed by atoms with E-state index in [0.29, 0.717) is 0 Å². The highest BCUT2D eigenvalue weighted by atomic mass is 35.5. The van der Waals surface area contributed by atoms with E-state index in [1.54, 1.807) is 23.5 Å². The summed E-state index contributed by atoms with van der Waals surface area (Å²) in [6.07, 6.45) is 10.1. The fourth-order valence-corrected chi connectivity index (χ4v) is 5.68. The number of allylic oxidation sites excluding steroid dienone is 2. The molecule has 180 valence electrons. The van der Waals surface area contributed by atoms with E-state index in [-0.39, 0.29) is 0 Å². The highest BCUT2D eigenvalue weighted by Gasteiger charge is 2.16. The second-order valence-corrected chi connectivity index (χ2v) is 10.6. The van der Waals surface area contributed by atoms with Crippen LogP contribution in [-0.4, -0.2) is 36.6 Å². The summed E-state index contributed by atoms with van der Waals surface area (Å²) in [5.74, 6) is 0.932. The van der Waals surface area contributed by atoms with Gasteiger partial charge in [-0.05, 0) is 56.0 Å². The van der Waals surface area contributed by atoms with Gasteiger partial charge in [-0.25, -0.2) is 4.98 Å². The number of thiophene rings is 1. The molecular weight excluding hydrogens is 481 g/mol. The van der Waals surface area contributed by atoms with Gasteiger partial charge in [-0.1, -0.05) is 78.8 Å². The number of halogens is 2. The van der Waals surface area contributed by atoms with Crippen molar-refractivity contribution in [3.63, 3.8) is 0 Å². The summed E-state index contributed by atoms with van der Waals surface area (Å²) in [6, 6.07) is 14.4. The molecule has 2 aliphatic heterocycles. The second kappa shape index (κ2) is 13.7. The number of hydrogen-bond donors (Lipinski definition) is 0. The van der Waals surface area contributed by atoms with E-state index in [0.717, 1.165) is 52.4 Å². The van der Waals surface area contributed by atoms with Gasteiger partial charge >= 0.3 is 0 Å². The van der Waals surface area contributed by atoms with Crippen LogP contribution < -0.4 is 4.90 Å². The Morgan fingerprint density at radius 2 is 1.65 bits per heavy atom. The molecular formula is C28H33Cl2N3S. The molecule has 0 atom stereocenters. The molecule has 5 rings (SSSR count). The van der Waals surface area contributed by atoms with E-state index >= 15 is 0 Å². The number of likely N-dealkylation sites (N-methyl/N-ethyl adjacent to an activating group) is 1. The van der Waals surface area contributed by atoms with Gasteiger partial charge in [0, 0.05) is 42.8 Å². The Morgan fingerprint density at radius 3 is 2.29 bits per heavy atom. The van der Waals surface area contributed by atoms with Crippen LogP contribution in [0.15, 0.2) is 74.0 Å². The molecule has 3 nitrogen and oxygen atoms in total. The maximum Gasteiger partial charge on any atom is 0.147 e. The Balaban J connectivity index is 0.000000182. The van der Waals surface area contributed by atoms with Crippen molar-refractivity contribution in [3.05, 3.63) is 93.8 Å². The molecule has 1 fully saturated rings. The molecule has 34 heavy (non-hydrogen) atoms. The molecule has 0 unspecified atom stereocenters. The first kappa shape index (κ1) is 26.5. The number of anilines is 1.